The molecular formula is C22H25N3O3. The maximum Gasteiger partial charge on any atom is 0.251 e. The summed E-state index contributed by atoms with van der Waals surface area (Å²) in [5, 5.41) is 2.93. The second-order valence-electron chi connectivity index (χ2n) is 7.45. The van der Waals surface area contributed by atoms with Crippen LogP contribution < -0.4 is 10.1 Å². The van der Waals surface area contributed by atoms with E-state index in [1.54, 1.807) is 6.20 Å². The van der Waals surface area contributed by atoms with Crippen molar-refractivity contribution in [3.63, 3.8) is 0 Å². The minimum atomic E-state index is -0.0828. The molecular weight excluding hydrogens is 354 g/mol. The van der Waals surface area contributed by atoms with Crippen molar-refractivity contribution in [2.75, 3.05) is 13.2 Å². The first-order valence-electron chi connectivity index (χ1n) is 9.80. The van der Waals surface area contributed by atoms with E-state index in [1.807, 2.05) is 44.2 Å². The Morgan fingerprint density at radius 1 is 1.25 bits per heavy atom. The normalized spacial score (nSPS) is 16.6. The standard InChI is InChI=1S/C22H25N3O3/c1-14(2)25-21(26)16-5-3-4-15(12-16)20-19-17(13-24-20)6-9-23-22(19)28-18-7-10-27-11-8-18/h3-6,9,12,14,18H,7-8,10-11,13H2,1-2H3,(H,25,26). The zero-order valence-corrected chi connectivity index (χ0v) is 16.3. The van der Waals surface area contributed by atoms with E-state index in [4.69, 9.17) is 14.5 Å². The summed E-state index contributed by atoms with van der Waals surface area (Å²) in [6.45, 7) is 5.93. The second-order valence-corrected chi connectivity index (χ2v) is 7.45. The van der Waals surface area contributed by atoms with Gasteiger partial charge in [-0.25, -0.2) is 4.98 Å². The van der Waals surface area contributed by atoms with E-state index in [9.17, 15) is 4.79 Å². The van der Waals surface area contributed by atoms with Gasteiger partial charge in [0.15, 0.2) is 0 Å². The lowest BCUT2D eigenvalue weighted by Gasteiger charge is -2.24. The SMILES string of the molecule is CC(C)NC(=O)c1cccc(C2=NCc3ccnc(OC4CCOCC4)c32)c1. The van der Waals surface area contributed by atoms with Crippen LogP contribution in [0.4, 0.5) is 0 Å². The fraction of sp³-hybridized carbons (Fsp3) is 0.409. The minimum absolute atomic E-state index is 0.0828. The predicted octanol–water partition coefficient (Wildman–Crippen LogP) is 3.13. The molecule has 0 saturated carbocycles. The Kier molecular flexibility index (Phi) is 5.39. The van der Waals surface area contributed by atoms with Crippen LogP contribution in [0.3, 0.4) is 0 Å². The van der Waals surface area contributed by atoms with Gasteiger partial charge in [0.2, 0.25) is 5.88 Å². The van der Waals surface area contributed by atoms with E-state index < -0.39 is 0 Å². The maximum atomic E-state index is 12.4. The lowest BCUT2D eigenvalue weighted by Crippen LogP contribution is -2.30. The topological polar surface area (TPSA) is 72.8 Å². The summed E-state index contributed by atoms with van der Waals surface area (Å²) in [7, 11) is 0. The Labute approximate surface area is 165 Å². The highest BCUT2D eigenvalue weighted by Crippen LogP contribution is 2.31. The average molecular weight is 379 g/mol. The van der Waals surface area contributed by atoms with Crippen LogP contribution in [-0.4, -0.2) is 42.0 Å². The van der Waals surface area contributed by atoms with Crippen molar-refractivity contribution in [2.24, 2.45) is 4.99 Å². The summed E-state index contributed by atoms with van der Waals surface area (Å²) in [6, 6.07) is 9.64. The summed E-state index contributed by atoms with van der Waals surface area (Å²) in [4.78, 5) is 21.6. The van der Waals surface area contributed by atoms with Gasteiger partial charge in [0.05, 0.1) is 31.0 Å². The number of pyridine rings is 1. The number of amides is 1. The van der Waals surface area contributed by atoms with Crippen LogP contribution in [-0.2, 0) is 11.3 Å². The van der Waals surface area contributed by atoms with Gasteiger partial charge in [-0.2, -0.15) is 0 Å². The summed E-state index contributed by atoms with van der Waals surface area (Å²) >= 11 is 0. The molecule has 1 aromatic carbocycles. The van der Waals surface area contributed by atoms with E-state index in [0.717, 1.165) is 35.2 Å². The van der Waals surface area contributed by atoms with Crippen molar-refractivity contribution in [1.82, 2.24) is 10.3 Å². The van der Waals surface area contributed by atoms with Crippen molar-refractivity contribution in [1.29, 1.82) is 0 Å². The number of ether oxygens (including phenoxy) is 2. The average Bonchev–Trinajstić information content (AvgIpc) is 3.14. The Morgan fingerprint density at radius 3 is 2.86 bits per heavy atom. The monoisotopic (exact) mass is 379 g/mol. The van der Waals surface area contributed by atoms with Crippen LogP contribution in [0.5, 0.6) is 5.88 Å². The van der Waals surface area contributed by atoms with Gasteiger partial charge >= 0.3 is 0 Å². The van der Waals surface area contributed by atoms with Crippen LogP contribution >= 0.6 is 0 Å². The third kappa shape index (κ3) is 3.92. The number of carbonyl (C=O) groups excluding carboxylic acids is 1. The number of hydrogen-bond donors (Lipinski definition) is 1. The molecule has 2 aromatic rings. The molecule has 1 aromatic heterocycles. The summed E-state index contributed by atoms with van der Waals surface area (Å²) in [5.41, 5.74) is 4.40. The molecule has 1 saturated heterocycles. The Morgan fingerprint density at radius 2 is 2.07 bits per heavy atom. The predicted molar refractivity (Wildman–Crippen MR) is 107 cm³/mol. The zero-order chi connectivity index (χ0) is 19.5. The second kappa shape index (κ2) is 8.10. The summed E-state index contributed by atoms with van der Waals surface area (Å²) in [5.74, 6) is 0.540. The summed E-state index contributed by atoms with van der Waals surface area (Å²) in [6.07, 6.45) is 3.61. The number of carbonyl (C=O) groups is 1. The number of nitrogens with one attached hydrogen (secondary N) is 1. The Bertz CT molecular complexity index is 902. The van der Waals surface area contributed by atoms with E-state index in [-0.39, 0.29) is 18.1 Å². The quantitative estimate of drug-likeness (QED) is 0.866. The van der Waals surface area contributed by atoms with Gasteiger partial charge in [-0.3, -0.25) is 9.79 Å². The first-order valence-corrected chi connectivity index (χ1v) is 9.80. The van der Waals surface area contributed by atoms with E-state index in [1.165, 1.54) is 0 Å². The number of fused-ring (bicyclic) bond motifs is 1. The molecule has 3 heterocycles. The van der Waals surface area contributed by atoms with Crippen molar-refractivity contribution in [3.05, 3.63) is 58.8 Å². The number of aliphatic imine (C=N–C) groups is 1. The molecule has 0 radical (unpaired) electrons. The molecule has 1 amide bonds. The van der Waals surface area contributed by atoms with Gasteiger partial charge in [-0.15, -0.1) is 0 Å². The molecule has 2 aliphatic heterocycles. The first kappa shape index (κ1) is 18.6. The van der Waals surface area contributed by atoms with E-state index in [0.29, 0.717) is 31.2 Å². The summed E-state index contributed by atoms with van der Waals surface area (Å²) < 4.78 is 11.7. The third-order valence-electron chi connectivity index (χ3n) is 4.91. The number of nitrogens with zero attached hydrogens (tertiary/aromatic N) is 2. The molecule has 6 heteroatoms. The lowest BCUT2D eigenvalue weighted by atomic mass is 9.99. The highest BCUT2D eigenvalue weighted by atomic mass is 16.5. The van der Waals surface area contributed by atoms with Gasteiger partial charge in [-0.05, 0) is 37.6 Å². The highest BCUT2D eigenvalue weighted by Gasteiger charge is 2.26. The minimum Gasteiger partial charge on any atom is -0.474 e. The highest BCUT2D eigenvalue weighted by molar-refractivity contribution is 6.17. The molecule has 146 valence electrons. The molecule has 1 fully saturated rings. The molecule has 2 aliphatic rings. The number of aromatic nitrogens is 1. The number of benzene rings is 1. The van der Waals surface area contributed by atoms with Crippen LogP contribution in [0.2, 0.25) is 0 Å². The van der Waals surface area contributed by atoms with Crippen LogP contribution in [0.15, 0.2) is 41.5 Å². The van der Waals surface area contributed by atoms with Gasteiger partial charge in [0, 0.05) is 36.2 Å². The third-order valence-corrected chi connectivity index (χ3v) is 4.91. The van der Waals surface area contributed by atoms with Crippen molar-refractivity contribution < 1.29 is 14.3 Å². The Hall–Kier alpha value is -2.73. The molecule has 0 spiro atoms. The van der Waals surface area contributed by atoms with Crippen molar-refractivity contribution in [2.45, 2.75) is 45.4 Å². The van der Waals surface area contributed by atoms with Gasteiger partial charge < -0.3 is 14.8 Å². The Balaban J connectivity index is 1.63. The molecule has 0 aliphatic carbocycles. The molecule has 1 N–H and O–H groups in total. The molecule has 28 heavy (non-hydrogen) atoms. The smallest absolute Gasteiger partial charge is 0.251 e. The van der Waals surface area contributed by atoms with Gasteiger partial charge in [0.1, 0.15) is 6.10 Å². The van der Waals surface area contributed by atoms with Gasteiger partial charge in [-0.1, -0.05) is 12.1 Å². The lowest BCUT2D eigenvalue weighted by molar-refractivity contribution is 0.0236. The van der Waals surface area contributed by atoms with Gasteiger partial charge in [0.25, 0.3) is 5.91 Å². The fourth-order valence-corrected chi connectivity index (χ4v) is 3.54. The largest absolute Gasteiger partial charge is 0.474 e. The molecule has 4 rings (SSSR count). The number of hydrogen-bond acceptors (Lipinski definition) is 5. The maximum absolute atomic E-state index is 12.4. The van der Waals surface area contributed by atoms with Crippen LogP contribution in [0.1, 0.15) is 53.7 Å². The number of rotatable bonds is 5. The molecule has 0 unspecified atom stereocenters. The molecule has 0 bridgehead atoms. The van der Waals surface area contributed by atoms with Crippen LogP contribution in [0, 0.1) is 0 Å². The molecule has 0 atom stereocenters. The van der Waals surface area contributed by atoms with E-state index >= 15 is 0 Å². The van der Waals surface area contributed by atoms with Crippen molar-refractivity contribution in [3.8, 4) is 5.88 Å². The van der Waals surface area contributed by atoms with Crippen LogP contribution in [0.25, 0.3) is 0 Å². The van der Waals surface area contributed by atoms with E-state index in [2.05, 4.69) is 10.3 Å². The zero-order valence-electron chi connectivity index (χ0n) is 16.3. The van der Waals surface area contributed by atoms with Crippen molar-refractivity contribution >= 4 is 11.6 Å². The first-order chi connectivity index (χ1) is 13.6. The molecule has 6 nitrogen and oxygen atoms in total. The fourth-order valence-electron chi connectivity index (χ4n) is 3.54.